The fourth-order valence-corrected chi connectivity index (χ4v) is 9.79. The molecule has 1 unspecified atom stereocenters. The zero-order valence-electron chi connectivity index (χ0n) is 21.1. The van der Waals surface area contributed by atoms with Crippen molar-refractivity contribution in [2.24, 2.45) is 21.7 Å². The number of aliphatic hydroxyl groups is 2. The van der Waals surface area contributed by atoms with Crippen LogP contribution < -0.4 is 0 Å². The molecule has 2 N–H and O–H groups in total. The summed E-state index contributed by atoms with van der Waals surface area (Å²) in [4.78, 5) is 12.5. The largest absolute Gasteiger partial charge is 0.455 e. The maximum Gasteiger partial charge on any atom is 0.303 e. The van der Waals surface area contributed by atoms with Crippen molar-refractivity contribution in [2.45, 2.75) is 109 Å². The van der Waals surface area contributed by atoms with E-state index < -0.39 is 51.9 Å². The zero-order valence-corrected chi connectivity index (χ0v) is 21.1. The van der Waals surface area contributed by atoms with Crippen LogP contribution in [0.4, 0.5) is 0 Å². The molecule has 10 atom stereocenters. The summed E-state index contributed by atoms with van der Waals surface area (Å²) in [6.45, 7) is 15.8. The maximum absolute atomic E-state index is 12.9. The Morgan fingerprint density at radius 1 is 1.26 bits per heavy atom. The molecule has 0 amide bonds. The van der Waals surface area contributed by atoms with Gasteiger partial charge in [-0.25, -0.2) is 0 Å². The molecular formula is C27H38O7. The van der Waals surface area contributed by atoms with Crippen LogP contribution >= 0.6 is 0 Å². The third kappa shape index (κ3) is 2.10. The molecule has 3 saturated carbocycles. The van der Waals surface area contributed by atoms with Crippen molar-refractivity contribution in [3.63, 3.8) is 0 Å². The molecule has 0 aromatic carbocycles. The molecule has 5 fully saturated rings. The molecule has 188 valence electrons. The van der Waals surface area contributed by atoms with Crippen LogP contribution in [0.2, 0.25) is 0 Å². The minimum absolute atomic E-state index is 0.0529. The van der Waals surface area contributed by atoms with Crippen LogP contribution in [0.5, 0.6) is 0 Å². The van der Waals surface area contributed by atoms with E-state index in [0.717, 1.165) is 17.6 Å². The number of hydrogen-bond donors (Lipinski definition) is 2. The highest BCUT2D eigenvalue weighted by molar-refractivity contribution is 5.67. The lowest BCUT2D eigenvalue weighted by Gasteiger charge is -2.68. The van der Waals surface area contributed by atoms with Gasteiger partial charge in [-0.2, -0.15) is 0 Å². The molecule has 0 bridgehead atoms. The molecular weight excluding hydrogens is 436 g/mol. The molecule has 2 saturated heterocycles. The van der Waals surface area contributed by atoms with Gasteiger partial charge in [0, 0.05) is 29.6 Å². The van der Waals surface area contributed by atoms with E-state index in [2.05, 4.69) is 20.4 Å². The monoisotopic (exact) mass is 474 g/mol. The van der Waals surface area contributed by atoms with Crippen molar-refractivity contribution in [3.05, 3.63) is 23.8 Å². The predicted octanol–water partition coefficient (Wildman–Crippen LogP) is 3.03. The first-order valence-electron chi connectivity index (χ1n) is 12.6. The van der Waals surface area contributed by atoms with E-state index in [9.17, 15) is 15.0 Å². The summed E-state index contributed by atoms with van der Waals surface area (Å²) in [7, 11) is 0. The predicted molar refractivity (Wildman–Crippen MR) is 123 cm³/mol. The molecule has 4 aliphatic carbocycles. The summed E-state index contributed by atoms with van der Waals surface area (Å²) in [6, 6.07) is 0. The van der Waals surface area contributed by atoms with E-state index in [1.165, 1.54) is 6.92 Å². The minimum Gasteiger partial charge on any atom is -0.455 e. The number of fused-ring (bicyclic) bond motifs is 3. The number of hydrogen-bond acceptors (Lipinski definition) is 7. The Labute approximate surface area is 201 Å². The summed E-state index contributed by atoms with van der Waals surface area (Å²) in [5.41, 5.74) is -3.21. The molecule has 2 aliphatic heterocycles. The summed E-state index contributed by atoms with van der Waals surface area (Å²) in [5, 5.41) is 24.8. The second kappa shape index (κ2) is 6.35. The molecule has 1 spiro atoms. The lowest BCUT2D eigenvalue weighted by atomic mass is 9.45. The van der Waals surface area contributed by atoms with Crippen LogP contribution in [-0.4, -0.2) is 64.7 Å². The first kappa shape index (κ1) is 23.2. The average Bonchev–Trinajstić information content (AvgIpc) is 3.25. The third-order valence-electron chi connectivity index (χ3n) is 11.1. The number of esters is 1. The fourth-order valence-electron chi connectivity index (χ4n) is 9.79. The van der Waals surface area contributed by atoms with Gasteiger partial charge in [0.05, 0.1) is 35.4 Å². The lowest BCUT2D eigenvalue weighted by molar-refractivity contribution is -0.382. The Morgan fingerprint density at radius 3 is 2.53 bits per heavy atom. The van der Waals surface area contributed by atoms with Gasteiger partial charge in [-0.05, 0) is 51.7 Å². The second-order valence-electron chi connectivity index (χ2n) is 12.7. The highest BCUT2D eigenvalue weighted by atomic mass is 16.7. The average molecular weight is 475 g/mol. The first-order chi connectivity index (χ1) is 15.7. The molecule has 7 heteroatoms. The quantitative estimate of drug-likeness (QED) is 0.480. The topological polar surface area (TPSA) is 94.5 Å². The van der Waals surface area contributed by atoms with Gasteiger partial charge in [-0.3, -0.25) is 4.79 Å². The van der Waals surface area contributed by atoms with E-state index in [1.54, 1.807) is 19.9 Å². The van der Waals surface area contributed by atoms with Crippen LogP contribution in [0.3, 0.4) is 0 Å². The Bertz CT molecular complexity index is 1010. The number of ether oxygens (including phenoxy) is 4. The smallest absolute Gasteiger partial charge is 0.303 e. The van der Waals surface area contributed by atoms with Crippen molar-refractivity contribution in [1.82, 2.24) is 0 Å². The Kier molecular flexibility index (Phi) is 4.33. The first-order valence-corrected chi connectivity index (χ1v) is 12.6. The van der Waals surface area contributed by atoms with E-state index >= 15 is 0 Å². The SMILES string of the molecule is C=C[C@H]1O[C@H]2C[C@H]3OC[C@@]3(C)[C@@]34CC3(O)[C@]3(C(C)(C)O)CCC(C)=C3[C@H](OC(C)=O)[C@H](O1)[C@]24C. The summed E-state index contributed by atoms with van der Waals surface area (Å²) in [5.74, 6) is -0.407. The van der Waals surface area contributed by atoms with Crippen molar-refractivity contribution in [1.29, 1.82) is 0 Å². The highest BCUT2D eigenvalue weighted by Gasteiger charge is 2.95. The van der Waals surface area contributed by atoms with Crippen LogP contribution in [0.25, 0.3) is 0 Å². The second-order valence-corrected chi connectivity index (χ2v) is 12.7. The van der Waals surface area contributed by atoms with Crippen LogP contribution in [-0.2, 0) is 23.7 Å². The number of carbonyl (C=O) groups is 1. The van der Waals surface area contributed by atoms with Crippen molar-refractivity contribution >= 4 is 5.97 Å². The number of carbonyl (C=O) groups excluding carboxylic acids is 1. The number of rotatable bonds is 3. The van der Waals surface area contributed by atoms with E-state index in [-0.39, 0.29) is 17.6 Å². The van der Waals surface area contributed by atoms with Crippen molar-refractivity contribution < 1.29 is 34.0 Å². The van der Waals surface area contributed by atoms with Gasteiger partial charge in [0.2, 0.25) is 0 Å². The highest BCUT2D eigenvalue weighted by Crippen LogP contribution is 2.89. The number of allylic oxidation sites excluding steroid dienone is 1. The van der Waals surface area contributed by atoms with Gasteiger partial charge in [-0.1, -0.05) is 26.0 Å². The van der Waals surface area contributed by atoms with Gasteiger partial charge in [-0.15, -0.1) is 0 Å². The molecule has 6 aliphatic rings. The van der Waals surface area contributed by atoms with E-state index in [1.807, 2.05) is 6.92 Å². The maximum atomic E-state index is 12.9. The van der Waals surface area contributed by atoms with Gasteiger partial charge < -0.3 is 29.2 Å². The lowest BCUT2D eigenvalue weighted by Crippen LogP contribution is -2.75. The summed E-state index contributed by atoms with van der Waals surface area (Å²) >= 11 is 0. The standard InChI is InChI=1S/C27H38O7/c1-8-18-33-17-11-16-23(6,13-31-16)26-12-27(26,30)25(22(4,5)29)10-9-14(2)19(25)20(32-15(3)28)21(34-18)24(17,26)7/h8,16-18,20-21,29-30H,1,9-13H2,2-7H3/t16-,17+,18+,20+,21+,23-,24+,25-,26-,27?/m1/s1. The summed E-state index contributed by atoms with van der Waals surface area (Å²) in [6.07, 6.45) is 1.86. The molecule has 0 aromatic heterocycles. The Hall–Kier alpha value is -1.25. The van der Waals surface area contributed by atoms with E-state index in [4.69, 9.17) is 18.9 Å². The molecule has 6 rings (SSSR count). The van der Waals surface area contributed by atoms with E-state index in [0.29, 0.717) is 25.9 Å². The summed E-state index contributed by atoms with van der Waals surface area (Å²) < 4.78 is 25.3. The van der Waals surface area contributed by atoms with Crippen molar-refractivity contribution in [2.75, 3.05) is 6.61 Å². The normalized spacial score (nSPS) is 55.1. The molecule has 0 radical (unpaired) electrons. The Balaban J connectivity index is 1.70. The fraction of sp³-hybridized carbons (Fsp3) is 0.815. The third-order valence-corrected chi connectivity index (χ3v) is 11.1. The molecule has 7 nitrogen and oxygen atoms in total. The van der Waals surface area contributed by atoms with Gasteiger partial charge in [0.15, 0.2) is 12.4 Å². The van der Waals surface area contributed by atoms with Crippen molar-refractivity contribution in [3.8, 4) is 0 Å². The minimum atomic E-state index is -1.26. The zero-order chi connectivity index (χ0) is 24.7. The van der Waals surface area contributed by atoms with Crippen LogP contribution in [0.1, 0.15) is 67.2 Å². The molecule has 34 heavy (non-hydrogen) atoms. The van der Waals surface area contributed by atoms with Crippen LogP contribution in [0.15, 0.2) is 23.8 Å². The molecule has 2 heterocycles. The molecule has 0 aromatic rings. The van der Waals surface area contributed by atoms with Gasteiger partial charge in [0.25, 0.3) is 0 Å². The van der Waals surface area contributed by atoms with Gasteiger partial charge >= 0.3 is 5.97 Å². The van der Waals surface area contributed by atoms with Gasteiger partial charge in [0.1, 0.15) is 6.10 Å². The van der Waals surface area contributed by atoms with Crippen LogP contribution in [0, 0.1) is 21.7 Å². The Morgan fingerprint density at radius 2 is 1.97 bits per heavy atom.